The van der Waals surface area contributed by atoms with Gasteiger partial charge in [-0.05, 0) is 70.5 Å². The fourth-order valence-corrected chi connectivity index (χ4v) is 4.84. The highest BCUT2D eigenvalue weighted by Crippen LogP contribution is 2.35. The third kappa shape index (κ3) is 10.3. The number of unbranched alkanes of at least 4 members (excludes halogenated alkanes) is 3. The molecule has 1 aliphatic carbocycles. The first kappa shape index (κ1) is 24.0. The SMILES string of the molecule is CCCCCC(C)CC(C)NC.CCCCN1CCC2CCCCC2C1. The Morgan fingerprint density at radius 2 is 1.62 bits per heavy atom. The van der Waals surface area contributed by atoms with Gasteiger partial charge in [0.1, 0.15) is 0 Å². The highest BCUT2D eigenvalue weighted by Gasteiger charge is 2.30. The average Bonchev–Trinajstić information content (AvgIpc) is 2.66. The molecule has 26 heavy (non-hydrogen) atoms. The largest absolute Gasteiger partial charge is 0.317 e. The second kappa shape index (κ2) is 14.9. The van der Waals surface area contributed by atoms with Crippen LogP contribution < -0.4 is 5.32 Å². The summed E-state index contributed by atoms with van der Waals surface area (Å²) in [4.78, 5) is 2.72. The van der Waals surface area contributed by atoms with E-state index in [2.05, 4.69) is 37.9 Å². The Hall–Kier alpha value is -0.0800. The molecule has 0 bridgehead atoms. The first-order chi connectivity index (χ1) is 12.6. The smallest absolute Gasteiger partial charge is 0.00382 e. The second-order valence-corrected chi connectivity index (χ2v) is 9.27. The van der Waals surface area contributed by atoms with Gasteiger partial charge < -0.3 is 10.2 Å². The molecule has 1 heterocycles. The van der Waals surface area contributed by atoms with Gasteiger partial charge in [-0.25, -0.2) is 0 Å². The van der Waals surface area contributed by atoms with Gasteiger partial charge in [0.05, 0.1) is 0 Å². The maximum Gasteiger partial charge on any atom is 0.00382 e. The molecule has 2 heteroatoms. The minimum Gasteiger partial charge on any atom is -0.317 e. The Balaban J connectivity index is 0.000000265. The monoisotopic (exact) mass is 366 g/mol. The van der Waals surface area contributed by atoms with Crippen molar-refractivity contribution in [2.45, 2.75) is 111 Å². The lowest BCUT2D eigenvalue weighted by molar-refractivity contribution is 0.0860. The van der Waals surface area contributed by atoms with E-state index in [1.54, 1.807) is 0 Å². The van der Waals surface area contributed by atoms with Gasteiger partial charge in [-0.15, -0.1) is 0 Å². The standard InChI is InChI=1S/C13H25N.C11H25N/c1-2-3-9-14-10-8-12-6-4-5-7-13(12)11-14;1-5-6-7-8-10(2)9-11(3)12-4/h12-13H,2-11H2,1H3;10-12H,5-9H2,1-4H3. The predicted molar refractivity (Wildman–Crippen MR) is 118 cm³/mol. The molecular weight excluding hydrogens is 316 g/mol. The van der Waals surface area contributed by atoms with Crippen LogP contribution in [-0.4, -0.2) is 37.6 Å². The molecule has 4 unspecified atom stereocenters. The molecule has 2 fully saturated rings. The molecule has 1 N–H and O–H groups in total. The first-order valence-corrected chi connectivity index (χ1v) is 12.0. The highest BCUT2D eigenvalue weighted by atomic mass is 15.1. The molecular formula is C24H50N2. The molecule has 1 aliphatic heterocycles. The topological polar surface area (TPSA) is 15.3 Å². The molecule has 2 rings (SSSR count). The minimum absolute atomic E-state index is 0.682. The van der Waals surface area contributed by atoms with E-state index in [4.69, 9.17) is 0 Å². The molecule has 2 nitrogen and oxygen atoms in total. The molecule has 0 amide bonds. The molecule has 0 aromatic heterocycles. The Morgan fingerprint density at radius 1 is 0.923 bits per heavy atom. The number of nitrogens with zero attached hydrogens (tertiary/aromatic N) is 1. The third-order valence-electron chi connectivity index (χ3n) is 6.75. The third-order valence-corrected chi connectivity index (χ3v) is 6.75. The van der Waals surface area contributed by atoms with Crippen molar-refractivity contribution in [3.63, 3.8) is 0 Å². The summed E-state index contributed by atoms with van der Waals surface area (Å²) in [6.45, 7) is 13.4. The lowest BCUT2D eigenvalue weighted by Crippen LogP contribution is -2.42. The van der Waals surface area contributed by atoms with E-state index in [1.807, 2.05) is 7.05 Å². The fourth-order valence-electron chi connectivity index (χ4n) is 4.84. The fraction of sp³-hybridized carbons (Fsp3) is 1.00. The summed E-state index contributed by atoms with van der Waals surface area (Å²) in [7, 11) is 2.05. The second-order valence-electron chi connectivity index (χ2n) is 9.27. The van der Waals surface area contributed by atoms with Crippen molar-refractivity contribution >= 4 is 0 Å². The summed E-state index contributed by atoms with van der Waals surface area (Å²) in [5, 5.41) is 3.29. The minimum atomic E-state index is 0.682. The normalized spacial score (nSPS) is 25.7. The summed E-state index contributed by atoms with van der Waals surface area (Å²) < 4.78 is 0. The zero-order valence-corrected chi connectivity index (χ0v) is 18.9. The number of hydrogen-bond donors (Lipinski definition) is 1. The van der Waals surface area contributed by atoms with E-state index in [1.165, 1.54) is 96.7 Å². The molecule has 0 aromatic carbocycles. The molecule has 0 spiro atoms. The van der Waals surface area contributed by atoms with Crippen LogP contribution in [-0.2, 0) is 0 Å². The lowest BCUT2D eigenvalue weighted by atomic mass is 9.75. The van der Waals surface area contributed by atoms with Gasteiger partial charge in [-0.2, -0.15) is 0 Å². The summed E-state index contributed by atoms with van der Waals surface area (Å²) in [6.07, 6.45) is 17.2. The van der Waals surface area contributed by atoms with Crippen LogP contribution >= 0.6 is 0 Å². The van der Waals surface area contributed by atoms with Gasteiger partial charge in [-0.1, -0.05) is 72.1 Å². The van der Waals surface area contributed by atoms with Crippen molar-refractivity contribution < 1.29 is 0 Å². The van der Waals surface area contributed by atoms with Crippen LogP contribution in [0.5, 0.6) is 0 Å². The van der Waals surface area contributed by atoms with Crippen molar-refractivity contribution in [3.8, 4) is 0 Å². The Morgan fingerprint density at radius 3 is 2.27 bits per heavy atom. The zero-order chi connectivity index (χ0) is 19.2. The van der Waals surface area contributed by atoms with Crippen LogP contribution in [0.15, 0.2) is 0 Å². The predicted octanol–water partition coefficient (Wildman–Crippen LogP) is 6.50. The lowest BCUT2D eigenvalue weighted by Gasteiger charge is -2.41. The van der Waals surface area contributed by atoms with Gasteiger partial charge >= 0.3 is 0 Å². The van der Waals surface area contributed by atoms with Gasteiger partial charge in [0.15, 0.2) is 0 Å². The summed E-state index contributed by atoms with van der Waals surface area (Å²) in [5.41, 5.74) is 0. The Kier molecular flexibility index (Phi) is 13.7. The van der Waals surface area contributed by atoms with E-state index >= 15 is 0 Å². The van der Waals surface area contributed by atoms with Crippen LogP contribution in [0, 0.1) is 17.8 Å². The summed E-state index contributed by atoms with van der Waals surface area (Å²) in [6, 6.07) is 0.682. The van der Waals surface area contributed by atoms with Crippen LogP contribution in [0.1, 0.15) is 105 Å². The summed E-state index contributed by atoms with van der Waals surface area (Å²) >= 11 is 0. The maximum absolute atomic E-state index is 3.29. The van der Waals surface area contributed by atoms with Gasteiger partial charge in [0.25, 0.3) is 0 Å². The van der Waals surface area contributed by atoms with E-state index in [0.717, 1.165) is 17.8 Å². The van der Waals surface area contributed by atoms with Crippen LogP contribution in [0.2, 0.25) is 0 Å². The van der Waals surface area contributed by atoms with E-state index < -0.39 is 0 Å². The number of fused-ring (bicyclic) bond motifs is 1. The van der Waals surface area contributed by atoms with E-state index in [9.17, 15) is 0 Å². The van der Waals surface area contributed by atoms with Crippen molar-refractivity contribution in [2.75, 3.05) is 26.7 Å². The number of likely N-dealkylation sites (tertiary alicyclic amines) is 1. The van der Waals surface area contributed by atoms with Crippen molar-refractivity contribution in [3.05, 3.63) is 0 Å². The first-order valence-electron chi connectivity index (χ1n) is 12.0. The van der Waals surface area contributed by atoms with E-state index in [-0.39, 0.29) is 0 Å². The zero-order valence-electron chi connectivity index (χ0n) is 18.9. The van der Waals surface area contributed by atoms with E-state index in [0.29, 0.717) is 6.04 Å². The molecule has 4 atom stereocenters. The Bertz CT molecular complexity index is 317. The highest BCUT2D eigenvalue weighted by molar-refractivity contribution is 4.83. The van der Waals surface area contributed by atoms with Crippen molar-refractivity contribution in [1.82, 2.24) is 10.2 Å². The van der Waals surface area contributed by atoms with Gasteiger partial charge in [0, 0.05) is 12.6 Å². The molecule has 2 aliphatic rings. The van der Waals surface area contributed by atoms with Crippen LogP contribution in [0.3, 0.4) is 0 Å². The number of piperidine rings is 1. The average molecular weight is 367 g/mol. The maximum atomic E-state index is 3.29. The number of hydrogen-bond acceptors (Lipinski definition) is 2. The van der Waals surface area contributed by atoms with Crippen LogP contribution in [0.4, 0.5) is 0 Å². The molecule has 156 valence electrons. The molecule has 1 saturated carbocycles. The van der Waals surface area contributed by atoms with Crippen LogP contribution in [0.25, 0.3) is 0 Å². The quantitative estimate of drug-likeness (QED) is 0.444. The van der Waals surface area contributed by atoms with Gasteiger partial charge in [0.2, 0.25) is 0 Å². The Labute approximate surface area is 165 Å². The molecule has 1 saturated heterocycles. The number of rotatable bonds is 10. The van der Waals surface area contributed by atoms with Crippen molar-refractivity contribution in [2.24, 2.45) is 17.8 Å². The molecule has 0 radical (unpaired) electrons. The summed E-state index contributed by atoms with van der Waals surface area (Å²) in [5.74, 6) is 3.05. The molecule has 0 aromatic rings. The van der Waals surface area contributed by atoms with Crippen molar-refractivity contribution in [1.29, 1.82) is 0 Å². The van der Waals surface area contributed by atoms with Gasteiger partial charge in [-0.3, -0.25) is 0 Å². The number of nitrogens with one attached hydrogen (secondary N) is 1.